The van der Waals surface area contributed by atoms with Crippen molar-refractivity contribution in [2.24, 2.45) is 43.3 Å². The second kappa shape index (κ2) is 8.97. The zero-order valence-electron chi connectivity index (χ0n) is 14.5. The maximum absolute atomic E-state index is 5.34. The smallest absolute Gasteiger partial charge is 0.211 e. The summed E-state index contributed by atoms with van der Waals surface area (Å²) < 4.78 is 0. The first-order valence-corrected chi connectivity index (χ1v) is 7.87. The first-order valence-electron chi connectivity index (χ1n) is 7.87. The minimum Gasteiger partial charge on any atom is -0.369 e. The Morgan fingerprint density at radius 2 is 1.54 bits per heavy atom. The highest BCUT2D eigenvalue weighted by Crippen LogP contribution is 2.15. The molecule has 0 aliphatic carbocycles. The highest BCUT2D eigenvalue weighted by atomic mass is 15.3. The largest absolute Gasteiger partial charge is 0.369 e. The van der Waals surface area contributed by atoms with E-state index in [1.807, 2.05) is 43.3 Å². The third-order valence-electron chi connectivity index (χ3n) is 3.38. The quantitative estimate of drug-likeness (QED) is 0.347. The van der Waals surface area contributed by atoms with Gasteiger partial charge in [0.05, 0.1) is 11.9 Å². The lowest BCUT2D eigenvalue weighted by Crippen LogP contribution is -2.22. The van der Waals surface area contributed by atoms with Gasteiger partial charge in [-0.2, -0.15) is 10.2 Å². The van der Waals surface area contributed by atoms with Crippen LogP contribution in [0.1, 0.15) is 29.2 Å². The molecule has 8 nitrogen and oxygen atoms in total. The van der Waals surface area contributed by atoms with Crippen LogP contribution in [0.3, 0.4) is 0 Å². The average molecular weight is 350 g/mol. The van der Waals surface area contributed by atoms with Gasteiger partial charge in [0.15, 0.2) is 0 Å². The maximum atomic E-state index is 5.34. The molecule has 8 N–H and O–H groups in total. The van der Waals surface area contributed by atoms with Gasteiger partial charge in [-0.15, -0.1) is 10.2 Å². The number of nitrogens with zero attached hydrogens (tertiary/aromatic N) is 4. The Morgan fingerprint density at radius 1 is 0.846 bits per heavy atom. The summed E-state index contributed by atoms with van der Waals surface area (Å²) in [6.07, 6.45) is 2.33. The van der Waals surface area contributed by atoms with Gasteiger partial charge in [-0.05, 0) is 53.8 Å². The summed E-state index contributed by atoms with van der Waals surface area (Å²) in [6.45, 7) is 1.82. The number of benzene rings is 2. The van der Waals surface area contributed by atoms with Crippen molar-refractivity contribution in [3.8, 4) is 0 Å². The van der Waals surface area contributed by atoms with Crippen LogP contribution in [0, 0.1) is 0 Å². The van der Waals surface area contributed by atoms with E-state index in [2.05, 4.69) is 32.5 Å². The Labute approximate surface area is 152 Å². The van der Waals surface area contributed by atoms with E-state index in [1.165, 1.54) is 5.56 Å². The van der Waals surface area contributed by atoms with Crippen LogP contribution in [-0.4, -0.2) is 23.8 Å². The first kappa shape index (κ1) is 18.7. The molecule has 0 aromatic heterocycles. The van der Waals surface area contributed by atoms with Crippen LogP contribution in [0.5, 0.6) is 0 Å². The molecule has 2 rings (SSSR count). The van der Waals surface area contributed by atoms with Crippen molar-refractivity contribution in [3.05, 3.63) is 70.8 Å². The average Bonchev–Trinajstić information content (AvgIpc) is 2.60. The van der Waals surface area contributed by atoms with Crippen molar-refractivity contribution in [2.75, 3.05) is 0 Å². The lowest BCUT2D eigenvalue weighted by molar-refractivity contribution is 1.17. The molecule has 0 spiro atoms. The predicted octanol–water partition coefficient (Wildman–Crippen LogP) is 0.882. The van der Waals surface area contributed by atoms with E-state index < -0.39 is 0 Å². The van der Waals surface area contributed by atoms with E-state index in [1.54, 1.807) is 6.21 Å². The lowest BCUT2D eigenvalue weighted by Gasteiger charge is -2.07. The third kappa shape index (κ3) is 6.08. The van der Waals surface area contributed by atoms with Gasteiger partial charge in [0, 0.05) is 0 Å². The molecule has 0 radical (unpaired) electrons. The number of guanidine groups is 2. The third-order valence-corrected chi connectivity index (χ3v) is 3.38. The van der Waals surface area contributed by atoms with Gasteiger partial charge in [-0.25, -0.2) is 0 Å². The summed E-state index contributed by atoms with van der Waals surface area (Å²) in [7, 11) is 0. The number of rotatable bonds is 6. The fraction of sp³-hybridized carbons (Fsp3) is 0.111. The van der Waals surface area contributed by atoms with E-state index in [4.69, 9.17) is 22.9 Å². The van der Waals surface area contributed by atoms with Crippen LogP contribution in [0.15, 0.2) is 68.9 Å². The van der Waals surface area contributed by atoms with Crippen molar-refractivity contribution in [1.82, 2.24) is 0 Å². The molecule has 134 valence electrons. The van der Waals surface area contributed by atoms with E-state index in [0.29, 0.717) is 5.71 Å². The SMILES string of the molecule is C/C(=N/N=C(N)N)c1cc(/C=N/N=C(N)N)cc(Cc2ccccc2)c1. The molecule has 0 bridgehead atoms. The van der Waals surface area contributed by atoms with Gasteiger partial charge in [-0.1, -0.05) is 30.3 Å². The molecule has 0 amide bonds. The van der Waals surface area contributed by atoms with E-state index >= 15 is 0 Å². The first-order chi connectivity index (χ1) is 12.4. The molecular weight excluding hydrogens is 328 g/mol. The van der Waals surface area contributed by atoms with E-state index in [-0.39, 0.29) is 11.9 Å². The molecule has 0 saturated heterocycles. The van der Waals surface area contributed by atoms with Gasteiger partial charge in [0.25, 0.3) is 0 Å². The number of hydrogen-bond acceptors (Lipinski definition) is 4. The highest BCUT2D eigenvalue weighted by molar-refractivity contribution is 6.00. The summed E-state index contributed by atoms with van der Waals surface area (Å²) >= 11 is 0. The second-order valence-corrected chi connectivity index (χ2v) is 5.61. The fourth-order valence-electron chi connectivity index (χ4n) is 2.29. The van der Waals surface area contributed by atoms with Gasteiger partial charge in [-0.3, -0.25) is 0 Å². The molecule has 26 heavy (non-hydrogen) atoms. The van der Waals surface area contributed by atoms with Crippen LogP contribution in [0.4, 0.5) is 0 Å². The normalized spacial score (nSPS) is 11.3. The van der Waals surface area contributed by atoms with Crippen LogP contribution < -0.4 is 22.9 Å². The number of nitrogens with two attached hydrogens (primary N) is 4. The van der Waals surface area contributed by atoms with E-state index in [0.717, 1.165) is 23.1 Å². The van der Waals surface area contributed by atoms with Crippen LogP contribution in [0.2, 0.25) is 0 Å². The van der Waals surface area contributed by atoms with Gasteiger partial charge in [0.2, 0.25) is 11.9 Å². The molecule has 0 fully saturated rings. The Hall–Kier alpha value is -3.68. The number of hydrogen-bond donors (Lipinski definition) is 4. The molecule has 0 saturated carbocycles. The molecule has 0 aliphatic rings. The summed E-state index contributed by atoms with van der Waals surface area (Å²) in [5, 5.41) is 15.2. The van der Waals surface area contributed by atoms with Crippen LogP contribution in [-0.2, 0) is 6.42 Å². The van der Waals surface area contributed by atoms with Gasteiger partial charge >= 0.3 is 0 Å². The zero-order valence-corrected chi connectivity index (χ0v) is 14.5. The monoisotopic (exact) mass is 350 g/mol. The highest BCUT2D eigenvalue weighted by Gasteiger charge is 2.05. The molecule has 2 aromatic carbocycles. The molecule has 0 heterocycles. The molecule has 0 atom stereocenters. The maximum Gasteiger partial charge on any atom is 0.211 e. The van der Waals surface area contributed by atoms with Crippen molar-refractivity contribution in [3.63, 3.8) is 0 Å². The summed E-state index contributed by atoms with van der Waals surface area (Å²) in [4.78, 5) is 0. The van der Waals surface area contributed by atoms with Crippen molar-refractivity contribution in [2.45, 2.75) is 13.3 Å². The standard InChI is InChI=1S/C18H22N8/c1-12(24-26-18(21)22)16-9-14(7-13-5-3-2-4-6-13)8-15(10-16)11-23-25-17(19)20/h2-6,8-11H,7H2,1H3,(H4,19,20,25)(H4,21,22,26)/b23-11+,24-12-. The molecule has 0 aliphatic heterocycles. The van der Waals surface area contributed by atoms with Crippen LogP contribution in [0.25, 0.3) is 0 Å². The molecular formula is C18H22N8. The van der Waals surface area contributed by atoms with Crippen molar-refractivity contribution >= 4 is 23.8 Å². The fourth-order valence-corrected chi connectivity index (χ4v) is 2.29. The Morgan fingerprint density at radius 3 is 2.19 bits per heavy atom. The predicted molar refractivity (Wildman–Crippen MR) is 107 cm³/mol. The summed E-state index contributed by atoms with van der Waals surface area (Å²) in [5.41, 5.74) is 25.9. The Kier molecular flexibility index (Phi) is 6.44. The topological polar surface area (TPSA) is 154 Å². The minimum atomic E-state index is -0.104. The lowest BCUT2D eigenvalue weighted by atomic mass is 9.98. The summed E-state index contributed by atoms with van der Waals surface area (Å²) in [5.74, 6) is -0.202. The molecule has 8 heteroatoms. The minimum absolute atomic E-state index is 0.0978. The van der Waals surface area contributed by atoms with Crippen molar-refractivity contribution < 1.29 is 0 Å². The van der Waals surface area contributed by atoms with Crippen LogP contribution >= 0.6 is 0 Å². The second-order valence-electron chi connectivity index (χ2n) is 5.61. The Bertz CT molecular complexity index is 858. The van der Waals surface area contributed by atoms with Gasteiger partial charge in [0.1, 0.15) is 0 Å². The van der Waals surface area contributed by atoms with E-state index in [9.17, 15) is 0 Å². The zero-order chi connectivity index (χ0) is 18.9. The molecule has 2 aromatic rings. The molecule has 0 unspecified atom stereocenters. The van der Waals surface area contributed by atoms with Crippen molar-refractivity contribution in [1.29, 1.82) is 0 Å². The summed E-state index contributed by atoms with van der Waals surface area (Å²) in [6, 6.07) is 16.1. The van der Waals surface area contributed by atoms with Gasteiger partial charge < -0.3 is 22.9 Å². The Balaban J connectivity index is 2.41.